The van der Waals surface area contributed by atoms with Crippen LogP contribution < -0.4 is 0 Å². The molecule has 3 heterocycles. The predicted octanol–water partition coefficient (Wildman–Crippen LogP) is 0.862. The summed E-state index contributed by atoms with van der Waals surface area (Å²) in [6.07, 6.45) is 3.46. The Morgan fingerprint density at radius 1 is 1.19 bits per heavy atom. The van der Waals surface area contributed by atoms with E-state index in [1.165, 1.54) is 19.4 Å². The van der Waals surface area contributed by atoms with Crippen LogP contribution in [-0.4, -0.2) is 56.7 Å². The third-order valence-corrected chi connectivity index (χ3v) is 3.85. The smallest absolute Gasteiger partial charge is 0.181 e. The molecule has 3 aliphatic heterocycles. The Morgan fingerprint density at radius 3 is 2.81 bits per heavy atom. The quantitative estimate of drug-likeness (QED) is 0.700. The van der Waals surface area contributed by atoms with Crippen molar-refractivity contribution in [2.45, 2.75) is 25.0 Å². The van der Waals surface area contributed by atoms with E-state index >= 15 is 0 Å². The highest BCUT2D eigenvalue weighted by molar-refractivity contribution is 4.85. The normalized spacial score (nSPS) is 34.9. The molecule has 92 valence electrons. The molecule has 0 amide bonds. The lowest BCUT2D eigenvalue weighted by Crippen LogP contribution is -2.50. The molecule has 3 saturated heterocycles. The molecule has 0 aromatic rings. The molecule has 1 unspecified atom stereocenters. The first-order valence-corrected chi connectivity index (χ1v) is 6.44. The minimum absolute atomic E-state index is 0.266. The summed E-state index contributed by atoms with van der Waals surface area (Å²) in [5.41, 5.74) is 0. The van der Waals surface area contributed by atoms with E-state index in [0.29, 0.717) is 0 Å². The summed E-state index contributed by atoms with van der Waals surface area (Å²) in [4.78, 5) is 2.49. The molecule has 3 aliphatic rings. The highest BCUT2D eigenvalue weighted by Gasteiger charge is 2.41. The summed E-state index contributed by atoms with van der Waals surface area (Å²) in [5.74, 6) is 0.453. The molecule has 1 atom stereocenters. The standard InChI is InChI=1S/C12H21NO3/c1-3-12(15-6-7-16-12)10-13(4-1)8-11-2-5-14-9-11/h11H,1-10H2. The maximum atomic E-state index is 5.78. The molecule has 0 aromatic carbocycles. The van der Waals surface area contributed by atoms with Crippen molar-refractivity contribution < 1.29 is 14.2 Å². The van der Waals surface area contributed by atoms with Crippen LogP contribution in [0, 0.1) is 5.92 Å². The topological polar surface area (TPSA) is 30.9 Å². The highest BCUT2D eigenvalue weighted by Crippen LogP contribution is 2.30. The Labute approximate surface area is 96.8 Å². The van der Waals surface area contributed by atoms with Gasteiger partial charge in [0.2, 0.25) is 0 Å². The van der Waals surface area contributed by atoms with E-state index < -0.39 is 0 Å². The Bertz CT molecular complexity index is 234. The van der Waals surface area contributed by atoms with Crippen molar-refractivity contribution >= 4 is 0 Å². The van der Waals surface area contributed by atoms with Crippen molar-refractivity contribution in [2.75, 3.05) is 46.1 Å². The SMILES string of the molecule is C1CN(CC2CCOC2)CC2(C1)OCCO2. The average Bonchev–Trinajstić information content (AvgIpc) is 2.91. The van der Waals surface area contributed by atoms with Crippen LogP contribution >= 0.6 is 0 Å². The van der Waals surface area contributed by atoms with Crippen molar-refractivity contribution in [3.05, 3.63) is 0 Å². The zero-order valence-electron chi connectivity index (χ0n) is 9.82. The van der Waals surface area contributed by atoms with Crippen LogP contribution in [0.4, 0.5) is 0 Å². The Kier molecular flexibility index (Phi) is 3.16. The lowest BCUT2D eigenvalue weighted by Gasteiger charge is -2.39. The number of nitrogens with zero attached hydrogens (tertiary/aromatic N) is 1. The maximum absolute atomic E-state index is 5.78. The highest BCUT2D eigenvalue weighted by atomic mass is 16.7. The lowest BCUT2D eigenvalue weighted by molar-refractivity contribution is -0.190. The number of ether oxygens (including phenoxy) is 3. The van der Waals surface area contributed by atoms with Gasteiger partial charge in [-0.25, -0.2) is 0 Å². The van der Waals surface area contributed by atoms with Crippen LogP contribution in [0.2, 0.25) is 0 Å². The Hall–Kier alpha value is -0.160. The van der Waals surface area contributed by atoms with E-state index in [0.717, 1.165) is 51.9 Å². The van der Waals surface area contributed by atoms with Gasteiger partial charge in [0.15, 0.2) is 5.79 Å². The fourth-order valence-corrected chi connectivity index (χ4v) is 3.05. The first kappa shape index (κ1) is 11.0. The molecular formula is C12H21NO3. The molecule has 0 saturated carbocycles. The summed E-state index contributed by atoms with van der Waals surface area (Å²) in [5, 5.41) is 0. The largest absolute Gasteiger partial charge is 0.381 e. The number of likely N-dealkylation sites (tertiary alicyclic amines) is 1. The van der Waals surface area contributed by atoms with Gasteiger partial charge in [-0.3, -0.25) is 4.90 Å². The predicted molar refractivity (Wildman–Crippen MR) is 59.2 cm³/mol. The number of piperidine rings is 1. The molecule has 16 heavy (non-hydrogen) atoms. The molecule has 0 aliphatic carbocycles. The third kappa shape index (κ3) is 2.25. The second-order valence-corrected chi connectivity index (χ2v) is 5.18. The van der Waals surface area contributed by atoms with Crippen LogP contribution in [0.15, 0.2) is 0 Å². The minimum Gasteiger partial charge on any atom is -0.381 e. The molecule has 0 N–H and O–H groups in total. The fourth-order valence-electron chi connectivity index (χ4n) is 3.05. The lowest BCUT2D eigenvalue weighted by atomic mass is 10.0. The van der Waals surface area contributed by atoms with Gasteiger partial charge in [-0.2, -0.15) is 0 Å². The van der Waals surface area contributed by atoms with Crippen molar-refractivity contribution in [2.24, 2.45) is 5.92 Å². The summed E-state index contributed by atoms with van der Waals surface area (Å²) >= 11 is 0. The van der Waals surface area contributed by atoms with E-state index in [1.807, 2.05) is 0 Å². The summed E-state index contributed by atoms with van der Waals surface area (Å²) < 4.78 is 17.0. The molecular weight excluding hydrogens is 206 g/mol. The van der Waals surface area contributed by atoms with E-state index in [1.54, 1.807) is 0 Å². The van der Waals surface area contributed by atoms with Gasteiger partial charge in [0.25, 0.3) is 0 Å². The van der Waals surface area contributed by atoms with Gasteiger partial charge >= 0.3 is 0 Å². The summed E-state index contributed by atoms with van der Waals surface area (Å²) in [6.45, 7) is 6.69. The summed E-state index contributed by atoms with van der Waals surface area (Å²) in [7, 11) is 0. The molecule has 0 radical (unpaired) electrons. The zero-order valence-corrected chi connectivity index (χ0v) is 9.82. The second kappa shape index (κ2) is 4.61. The third-order valence-electron chi connectivity index (χ3n) is 3.85. The molecule has 3 fully saturated rings. The van der Waals surface area contributed by atoms with Crippen LogP contribution in [0.25, 0.3) is 0 Å². The van der Waals surface area contributed by atoms with Gasteiger partial charge in [-0.05, 0) is 25.3 Å². The first-order chi connectivity index (χ1) is 7.86. The molecule has 4 nitrogen and oxygen atoms in total. The van der Waals surface area contributed by atoms with Gasteiger partial charge < -0.3 is 14.2 Å². The Morgan fingerprint density at radius 2 is 2.06 bits per heavy atom. The fraction of sp³-hybridized carbons (Fsp3) is 1.00. The van der Waals surface area contributed by atoms with Crippen LogP contribution in [0.5, 0.6) is 0 Å². The van der Waals surface area contributed by atoms with Gasteiger partial charge in [0.1, 0.15) is 0 Å². The van der Waals surface area contributed by atoms with Gasteiger partial charge in [0, 0.05) is 19.6 Å². The van der Waals surface area contributed by atoms with Gasteiger partial charge in [0.05, 0.1) is 26.4 Å². The molecule has 3 rings (SSSR count). The van der Waals surface area contributed by atoms with Crippen LogP contribution in [-0.2, 0) is 14.2 Å². The molecule has 1 spiro atoms. The Balaban J connectivity index is 1.55. The first-order valence-electron chi connectivity index (χ1n) is 6.44. The van der Waals surface area contributed by atoms with E-state index in [-0.39, 0.29) is 5.79 Å². The second-order valence-electron chi connectivity index (χ2n) is 5.18. The van der Waals surface area contributed by atoms with Crippen molar-refractivity contribution in [1.82, 2.24) is 4.90 Å². The van der Waals surface area contributed by atoms with E-state index in [4.69, 9.17) is 14.2 Å². The van der Waals surface area contributed by atoms with Crippen molar-refractivity contribution in [1.29, 1.82) is 0 Å². The van der Waals surface area contributed by atoms with Crippen LogP contribution in [0.1, 0.15) is 19.3 Å². The average molecular weight is 227 g/mol. The zero-order chi connectivity index (χ0) is 10.8. The van der Waals surface area contributed by atoms with Crippen LogP contribution in [0.3, 0.4) is 0 Å². The molecule has 0 bridgehead atoms. The van der Waals surface area contributed by atoms with Crippen molar-refractivity contribution in [3.63, 3.8) is 0 Å². The molecule has 0 aromatic heterocycles. The maximum Gasteiger partial charge on any atom is 0.181 e. The van der Waals surface area contributed by atoms with Gasteiger partial charge in [-0.1, -0.05) is 0 Å². The monoisotopic (exact) mass is 227 g/mol. The number of rotatable bonds is 2. The van der Waals surface area contributed by atoms with Crippen molar-refractivity contribution in [3.8, 4) is 0 Å². The summed E-state index contributed by atoms with van der Waals surface area (Å²) in [6, 6.07) is 0. The number of hydrogen-bond acceptors (Lipinski definition) is 4. The van der Waals surface area contributed by atoms with E-state index in [9.17, 15) is 0 Å². The van der Waals surface area contributed by atoms with E-state index in [2.05, 4.69) is 4.90 Å². The minimum atomic E-state index is -0.266. The molecule has 4 heteroatoms. The van der Waals surface area contributed by atoms with Gasteiger partial charge in [-0.15, -0.1) is 0 Å². The number of hydrogen-bond donors (Lipinski definition) is 0.